The van der Waals surface area contributed by atoms with Crippen LogP contribution in [0.25, 0.3) is 0 Å². The first-order chi connectivity index (χ1) is 13.2. The number of nitrogens with one attached hydrogen (secondary N) is 1. The van der Waals surface area contributed by atoms with Crippen LogP contribution in [0.4, 0.5) is 5.82 Å². The van der Waals surface area contributed by atoms with Crippen molar-refractivity contribution in [2.24, 2.45) is 0 Å². The zero-order valence-electron chi connectivity index (χ0n) is 15.4. The number of methoxy groups -OCH3 is 1. The van der Waals surface area contributed by atoms with Gasteiger partial charge in [-0.2, -0.15) is 0 Å². The first-order valence-corrected chi connectivity index (χ1v) is 9.01. The van der Waals surface area contributed by atoms with Gasteiger partial charge in [0, 0.05) is 38.9 Å². The fourth-order valence-corrected chi connectivity index (χ4v) is 3.00. The molecule has 0 aliphatic carbocycles. The molecule has 1 aromatic carbocycles. The minimum Gasteiger partial charge on any atom is -0.497 e. The minimum absolute atomic E-state index is 0.0454. The maximum absolute atomic E-state index is 12.5. The molecular formula is C20H24N4O3. The number of benzene rings is 1. The number of carbonyl (C=O) groups excluding carboxylic acids is 2. The number of anilines is 1. The molecule has 7 nitrogen and oxygen atoms in total. The Labute approximate surface area is 158 Å². The van der Waals surface area contributed by atoms with Crippen molar-refractivity contribution in [3.63, 3.8) is 0 Å². The molecule has 1 aliphatic heterocycles. The Balaban J connectivity index is 1.49. The van der Waals surface area contributed by atoms with Gasteiger partial charge in [0.2, 0.25) is 6.41 Å². The van der Waals surface area contributed by atoms with Gasteiger partial charge < -0.3 is 19.9 Å². The second-order valence-electron chi connectivity index (χ2n) is 6.39. The van der Waals surface area contributed by atoms with Gasteiger partial charge >= 0.3 is 0 Å². The molecule has 1 aromatic heterocycles. The first-order valence-electron chi connectivity index (χ1n) is 9.01. The number of hydrogen-bond acceptors (Lipinski definition) is 5. The van der Waals surface area contributed by atoms with Crippen LogP contribution in [0.3, 0.4) is 0 Å². The lowest BCUT2D eigenvalue weighted by atomic mass is 10.1. The van der Waals surface area contributed by atoms with Crippen LogP contribution in [0.1, 0.15) is 15.9 Å². The van der Waals surface area contributed by atoms with Gasteiger partial charge in [0.05, 0.1) is 12.7 Å². The van der Waals surface area contributed by atoms with Crippen molar-refractivity contribution < 1.29 is 14.3 Å². The third-order valence-electron chi connectivity index (χ3n) is 4.61. The Hall–Kier alpha value is -3.09. The molecule has 3 rings (SSSR count). The van der Waals surface area contributed by atoms with Crippen molar-refractivity contribution in [3.05, 3.63) is 53.7 Å². The maximum Gasteiger partial charge on any atom is 0.255 e. The number of piperazine rings is 1. The summed E-state index contributed by atoms with van der Waals surface area (Å²) in [6.07, 6.45) is 3.28. The van der Waals surface area contributed by atoms with E-state index in [1.165, 1.54) is 5.56 Å². The van der Waals surface area contributed by atoms with E-state index in [0.717, 1.165) is 30.9 Å². The van der Waals surface area contributed by atoms with E-state index in [2.05, 4.69) is 16.4 Å². The highest BCUT2D eigenvalue weighted by atomic mass is 16.5. The van der Waals surface area contributed by atoms with E-state index < -0.39 is 0 Å². The molecule has 1 saturated heterocycles. The third-order valence-corrected chi connectivity index (χ3v) is 4.61. The van der Waals surface area contributed by atoms with Crippen molar-refractivity contribution in [1.29, 1.82) is 0 Å². The number of ether oxygens (including phenoxy) is 1. The summed E-state index contributed by atoms with van der Waals surface area (Å²) >= 11 is 0. The van der Waals surface area contributed by atoms with Gasteiger partial charge in [-0.25, -0.2) is 4.98 Å². The predicted molar refractivity (Wildman–Crippen MR) is 103 cm³/mol. The fraction of sp³-hybridized carbons (Fsp3) is 0.350. The summed E-state index contributed by atoms with van der Waals surface area (Å²) in [5.74, 6) is 1.54. The highest BCUT2D eigenvalue weighted by Gasteiger charge is 2.21. The van der Waals surface area contributed by atoms with E-state index in [1.54, 1.807) is 29.2 Å². The lowest BCUT2D eigenvalue weighted by Crippen LogP contribution is -2.48. The Kier molecular flexibility index (Phi) is 6.25. The van der Waals surface area contributed by atoms with Crippen molar-refractivity contribution in [1.82, 2.24) is 14.8 Å². The number of pyridine rings is 1. The Bertz CT molecular complexity index is 771. The summed E-state index contributed by atoms with van der Waals surface area (Å²) < 4.78 is 5.23. The summed E-state index contributed by atoms with van der Waals surface area (Å²) in [4.78, 5) is 31.0. The Morgan fingerprint density at radius 1 is 1.22 bits per heavy atom. The second kappa shape index (κ2) is 9.02. The number of carbonyl (C=O) groups is 2. The van der Waals surface area contributed by atoms with Crippen molar-refractivity contribution >= 4 is 18.1 Å². The average molecular weight is 368 g/mol. The lowest BCUT2D eigenvalue weighted by Gasteiger charge is -2.32. The van der Waals surface area contributed by atoms with Crippen molar-refractivity contribution in [2.75, 3.05) is 45.2 Å². The molecule has 0 radical (unpaired) electrons. The standard InChI is InChI=1S/C20H24N4O3/c1-27-18-4-2-3-16(13-18)7-8-21-19-6-5-17(14-22-19)20(26)24-11-9-23(15-25)10-12-24/h2-6,13-15H,7-12H2,1H3,(H,21,22). The summed E-state index contributed by atoms with van der Waals surface area (Å²) in [6, 6.07) is 11.6. The first kappa shape index (κ1) is 18.7. The summed E-state index contributed by atoms with van der Waals surface area (Å²) in [5, 5.41) is 3.27. The van der Waals surface area contributed by atoms with Crippen LogP contribution in [-0.2, 0) is 11.2 Å². The molecule has 0 bridgehead atoms. The smallest absolute Gasteiger partial charge is 0.255 e. The van der Waals surface area contributed by atoms with Crippen LogP contribution in [0, 0.1) is 0 Å². The van der Waals surface area contributed by atoms with E-state index >= 15 is 0 Å². The molecule has 1 fully saturated rings. The van der Waals surface area contributed by atoms with E-state index in [4.69, 9.17) is 4.74 Å². The van der Waals surface area contributed by atoms with Crippen LogP contribution >= 0.6 is 0 Å². The zero-order chi connectivity index (χ0) is 19.1. The second-order valence-corrected chi connectivity index (χ2v) is 6.39. The highest BCUT2D eigenvalue weighted by Crippen LogP contribution is 2.14. The molecule has 1 aliphatic rings. The van der Waals surface area contributed by atoms with Crippen LogP contribution < -0.4 is 10.1 Å². The maximum atomic E-state index is 12.5. The number of rotatable bonds is 7. The van der Waals surface area contributed by atoms with Gasteiger partial charge in [0.25, 0.3) is 5.91 Å². The van der Waals surface area contributed by atoms with Crippen LogP contribution in [0.5, 0.6) is 5.75 Å². The third kappa shape index (κ3) is 4.97. The topological polar surface area (TPSA) is 74.8 Å². The molecule has 2 heterocycles. The van der Waals surface area contributed by atoms with Crippen LogP contribution in [-0.4, -0.2) is 66.9 Å². The predicted octanol–water partition coefficient (Wildman–Crippen LogP) is 1.66. The highest BCUT2D eigenvalue weighted by molar-refractivity contribution is 5.94. The molecule has 142 valence electrons. The zero-order valence-corrected chi connectivity index (χ0v) is 15.4. The van der Waals surface area contributed by atoms with E-state index in [1.807, 2.05) is 24.3 Å². The van der Waals surface area contributed by atoms with E-state index in [0.29, 0.717) is 31.7 Å². The van der Waals surface area contributed by atoms with Gasteiger partial charge in [-0.1, -0.05) is 12.1 Å². The fourth-order valence-electron chi connectivity index (χ4n) is 3.00. The molecule has 2 aromatic rings. The summed E-state index contributed by atoms with van der Waals surface area (Å²) in [7, 11) is 1.66. The Morgan fingerprint density at radius 2 is 2.04 bits per heavy atom. The number of amides is 2. The molecule has 0 atom stereocenters. The molecular weight excluding hydrogens is 344 g/mol. The molecule has 27 heavy (non-hydrogen) atoms. The number of nitrogens with zero attached hydrogens (tertiary/aromatic N) is 3. The normalized spacial score (nSPS) is 14.0. The van der Waals surface area contributed by atoms with Crippen molar-refractivity contribution in [2.45, 2.75) is 6.42 Å². The van der Waals surface area contributed by atoms with Gasteiger partial charge in [0.1, 0.15) is 11.6 Å². The monoisotopic (exact) mass is 368 g/mol. The lowest BCUT2D eigenvalue weighted by molar-refractivity contribution is -0.119. The van der Waals surface area contributed by atoms with Gasteiger partial charge in [-0.3, -0.25) is 9.59 Å². The number of hydrogen-bond donors (Lipinski definition) is 1. The quantitative estimate of drug-likeness (QED) is 0.753. The molecule has 7 heteroatoms. The molecule has 0 saturated carbocycles. The molecule has 1 N–H and O–H groups in total. The minimum atomic E-state index is -0.0454. The largest absolute Gasteiger partial charge is 0.497 e. The average Bonchev–Trinajstić information content (AvgIpc) is 2.74. The Morgan fingerprint density at radius 3 is 2.70 bits per heavy atom. The molecule has 0 unspecified atom stereocenters. The van der Waals surface area contributed by atoms with Gasteiger partial charge in [0.15, 0.2) is 0 Å². The summed E-state index contributed by atoms with van der Waals surface area (Å²) in [6.45, 7) is 3.00. The van der Waals surface area contributed by atoms with E-state index in [-0.39, 0.29) is 5.91 Å². The molecule has 2 amide bonds. The SMILES string of the molecule is COc1cccc(CCNc2ccc(C(=O)N3CCN(C=O)CC3)cn2)c1. The van der Waals surface area contributed by atoms with Crippen LogP contribution in [0.2, 0.25) is 0 Å². The summed E-state index contributed by atoms with van der Waals surface area (Å²) in [5.41, 5.74) is 1.75. The van der Waals surface area contributed by atoms with Crippen molar-refractivity contribution in [3.8, 4) is 5.75 Å². The van der Waals surface area contributed by atoms with Gasteiger partial charge in [-0.15, -0.1) is 0 Å². The van der Waals surface area contributed by atoms with Crippen LogP contribution in [0.15, 0.2) is 42.6 Å². The number of aromatic nitrogens is 1. The molecule has 0 spiro atoms. The van der Waals surface area contributed by atoms with E-state index in [9.17, 15) is 9.59 Å². The van der Waals surface area contributed by atoms with Gasteiger partial charge in [-0.05, 0) is 36.2 Å².